The summed E-state index contributed by atoms with van der Waals surface area (Å²) in [5, 5.41) is 20.2. The van der Waals surface area contributed by atoms with Crippen LogP contribution in [0.25, 0.3) is 17.1 Å². The summed E-state index contributed by atoms with van der Waals surface area (Å²) in [6, 6.07) is 15.0. The summed E-state index contributed by atoms with van der Waals surface area (Å²) in [5.74, 6) is 1.62. The highest BCUT2D eigenvalue weighted by Crippen LogP contribution is 2.32. The van der Waals surface area contributed by atoms with Gasteiger partial charge in [0.05, 0.1) is 17.4 Å². The maximum atomic E-state index is 12.5. The SMILES string of the molecule is CCOc1ccc(-n2c(SCC(=O)Nc3nnc(C(C)C)o3)nnc2-c2ccccc2Cl)cc1. The van der Waals surface area contributed by atoms with Gasteiger partial charge in [-0.2, -0.15) is 0 Å². The van der Waals surface area contributed by atoms with Crippen LogP contribution >= 0.6 is 23.4 Å². The Hall–Kier alpha value is -3.37. The van der Waals surface area contributed by atoms with Gasteiger partial charge in [-0.3, -0.25) is 14.7 Å². The van der Waals surface area contributed by atoms with E-state index in [4.69, 9.17) is 20.8 Å². The first-order valence-electron chi connectivity index (χ1n) is 10.7. The van der Waals surface area contributed by atoms with E-state index in [2.05, 4.69) is 25.7 Å². The van der Waals surface area contributed by atoms with Gasteiger partial charge in [-0.15, -0.1) is 15.3 Å². The van der Waals surface area contributed by atoms with Crippen LogP contribution in [0.2, 0.25) is 5.02 Å². The zero-order chi connectivity index (χ0) is 24.1. The molecular weight excluding hydrogens is 476 g/mol. The molecule has 1 amide bonds. The average molecular weight is 499 g/mol. The van der Waals surface area contributed by atoms with Gasteiger partial charge in [0.25, 0.3) is 0 Å². The van der Waals surface area contributed by atoms with E-state index >= 15 is 0 Å². The molecule has 2 aromatic heterocycles. The van der Waals surface area contributed by atoms with Crippen LogP contribution in [0.3, 0.4) is 0 Å². The van der Waals surface area contributed by atoms with Crippen LogP contribution in [0.5, 0.6) is 5.75 Å². The van der Waals surface area contributed by atoms with Gasteiger partial charge in [-0.1, -0.05) is 54.4 Å². The average Bonchev–Trinajstić information content (AvgIpc) is 3.46. The Morgan fingerprint density at radius 2 is 1.88 bits per heavy atom. The minimum Gasteiger partial charge on any atom is -0.494 e. The third-order valence-corrected chi connectivity index (χ3v) is 5.93. The van der Waals surface area contributed by atoms with Crippen molar-refractivity contribution < 1.29 is 13.9 Å². The van der Waals surface area contributed by atoms with E-state index in [1.807, 2.05) is 67.8 Å². The Morgan fingerprint density at radius 3 is 2.56 bits per heavy atom. The summed E-state index contributed by atoms with van der Waals surface area (Å²) < 4.78 is 12.9. The lowest BCUT2D eigenvalue weighted by molar-refractivity contribution is -0.113. The second-order valence-corrected chi connectivity index (χ2v) is 8.84. The first kappa shape index (κ1) is 23.8. The van der Waals surface area contributed by atoms with Crippen LogP contribution in [-0.4, -0.2) is 43.2 Å². The number of ether oxygens (including phenoxy) is 1. The molecule has 0 aliphatic carbocycles. The second kappa shape index (κ2) is 10.7. The maximum absolute atomic E-state index is 12.5. The van der Waals surface area contributed by atoms with Crippen LogP contribution in [0.1, 0.15) is 32.6 Å². The molecule has 0 aliphatic rings. The van der Waals surface area contributed by atoms with E-state index in [0.29, 0.717) is 28.5 Å². The standard InChI is InChI=1S/C23H23ClN6O3S/c1-4-32-16-11-9-15(10-12-16)30-20(17-7-5-6-8-18(17)24)26-29-23(30)34-13-19(31)25-22-28-27-21(33-22)14(2)3/h5-12,14H,4,13H2,1-3H3,(H,25,28,31). The number of anilines is 1. The third kappa shape index (κ3) is 5.40. The maximum Gasteiger partial charge on any atom is 0.322 e. The van der Waals surface area contributed by atoms with E-state index in [1.54, 1.807) is 6.07 Å². The molecule has 176 valence electrons. The van der Waals surface area contributed by atoms with E-state index < -0.39 is 0 Å². The van der Waals surface area contributed by atoms with Gasteiger partial charge < -0.3 is 9.15 Å². The van der Waals surface area contributed by atoms with Crippen LogP contribution in [-0.2, 0) is 4.79 Å². The predicted octanol–water partition coefficient (Wildman–Crippen LogP) is 5.22. The van der Waals surface area contributed by atoms with Crippen LogP contribution in [0.15, 0.2) is 58.1 Å². The highest BCUT2D eigenvalue weighted by molar-refractivity contribution is 7.99. The van der Waals surface area contributed by atoms with Crippen molar-refractivity contribution in [2.75, 3.05) is 17.7 Å². The molecule has 0 aliphatic heterocycles. The molecule has 0 radical (unpaired) electrons. The second-order valence-electron chi connectivity index (χ2n) is 7.49. The van der Waals surface area contributed by atoms with Crippen LogP contribution in [0.4, 0.5) is 6.01 Å². The molecule has 0 saturated heterocycles. The van der Waals surface area contributed by atoms with Crippen molar-refractivity contribution in [1.29, 1.82) is 0 Å². The number of nitrogens with zero attached hydrogens (tertiary/aromatic N) is 5. The molecule has 0 unspecified atom stereocenters. The Morgan fingerprint density at radius 1 is 1.12 bits per heavy atom. The molecule has 0 spiro atoms. The van der Waals surface area contributed by atoms with Gasteiger partial charge in [0, 0.05) is 17.2 Å². The number of hydrogen-bond donors (Lipinski definition) is 1. The smallest absolute Gasteiger partial charge is 0.322 e. The number of nitrogens with one attached hydrogen (secondary N) is 1. The molecule has 0 bridgehead atoms. The van der Waals surface area contributed by atoms with E-state index in [1.165, 1.54) is 11.8 Å². The molecule has 0 saturated carbocycles. The zero-order valence-corrected chi connectivity index (χ0v) is 20.4. The number of halogens is 1. The van der Waals surface area contributed by atoms with Gasteiger partial charge in [0.15, 0.2) is 11.0 Å². The number of benzene rings is 2. The van der Waals surface area contributed by atoms with Crippen molar-refractivity contribution in [3.63, 3.8) is 0 Å². The Labute approximate surface area is 205 Å². The summed E-state index contributed by atoms with van der Waals surface area (Å²) >= 11 is 7.67. The highest BCUT2D eigenvalue weighted by atomic mass is 35.5. The third-order valence-electron chi connectivity index (χ3n) is 4.67. The molecule has 4 rings (SSSR count). The molecule has 4 aromatic rings. The minimum absolute atomic E-state index is 0.0665. The molecular formula is C23H23ClN6O3S. The number of aromatic nitrogens is 5. The normalized spacial score (nSPS) is 11.1. The summed E-state index contributed by atoms with van der Waals surface area (Å²) in [5.41, 5.74) is 1.54. The number of amides is 1. The molecule has 0 atom stereocenters. The fraction of sp³-hybridized carbons (Fsp3) is 0.261. The van der Waals surface area contributed by atoms with Crippen LogP contribution < -0.4 is 10.1 Å². The quantitative estimate of drug-likeness (QED) is 0.313. The highest BCUT2D eigenvalue weighted by Gasteiger charge is 2.20. The molecule has 2 heterocycles. The molecule has 2 aromatic carbocycles. The van der Waals surface area contributed by atoms with Crippen molar-refractivity contribution in [3.05, 3.63) is 59.4 Å². The number of carbonyl (C=O) groups is 1. The van der Waals surface area contributed by atoms with Crippen molar-refractivity contribution in [1.82, 2.24) is 25.0 Å². The van der Waals surface area contributed by atoms with Gasteiger partial charge in [0.1, 0.15) is 5.75 Å². The fourth-order valence-corrected chi connectivity index (χ4v) is 4.05. The van der Waals surface area contributed by atoms with Gasteiger partial charge in [-0.25, -0.2) is 0 Å². The zero-order valence-electron chi connectivity index (χ0n) is 18.9. The first-order chi connectivity index (χ1) is 16.5. The number of thioether (sulfide) groups is 1. The summed E-state index contributed by atoms with van der Waals surface area (Å²) in [6.45, 7) is 6.37. The Bertz CT molecular complexity index is 1270. The molecule has 0 fully saturated rings. The molecule has 34 heavy (non-hydrogen) atoms. The van der Waals surface area contributed by atoms with Gasteiger partial charge in [-0.05, 0) is 43.3 Å². The van der Waals surface area contributed by atoms with Crippen molar-refractivity contribution in [2.45, 2.75) is 31.8 Å². The Balaban J connectivity index is 1.59. The fourth-order valence-electron chi connectivity index (χ4n) is 3.08. The molecule has 1 N–H and O–H groups in total. The predicted molar refractivity (Wildman–Crippen MR) is 131 cm³/mol. The number of hydrogen-bond acceptors (Lipinski definition) is 8. The number of carbonyl (C=O) groups excluding carboxylic acids is 1. The van der Waals surface area contributed by atoms with E-state index in [0.717, 1.165) is 17.0 Å². The lowest BCUT2D eigenvalue weighted by Gasteiger charge is -2.12. The van der Waals surface area contributed by atoms with Gasteiger partial charge in [0.2, 0.25) is 11.8 Å². The van der Waals surface area contributed by atoms with Gasteiger partial charge >= 0.3 is 6.01 Å². The lowest BCUT2D eigenvalue weighted by Crippen LogP contribution is -2.15. The van der Waals surface area contributed by atoms with E-state index in [-0.39, 0.29) is 23.6 Å². The Kier molecular flexibility index (Phi) is 7.49. The lowest BCUT2D eigenvalue weighted by atomic mass is 10.2. The van der Waals surface area contributed by atoms with Crippen molar-refractivity contribution in [3.8, 4) is 22.8 Å². The number of rotatable bonds is 9. The topological polar surface area (TPSA) is 108 Å². The minimum atomic E-state index is -0.301. The van der Waals surface area contributed by atoms with Crippen molar-refractivity contribution >= 4 is 35.3 Å². The first-order valence-corrected chi connectivity index (χ1v) is 12.0. The van der Waals surface area contributed by atoms with Crippen molar-refractivity contribution in [2.24, 2.45) is 0 Å². The summed E-state index contributed by atoms with van der Waals surface area (Å²) in [6.07, 6.45) is 0. The molecule has 11 heteroatoms. The van der Waals surface area contributed by atoms with Crippen LogP contribution in [0, 0.1) is 0 Å². The molecule has 9 nitrogen and oxygen atoms in total. The largest absolute Gasteiger partial charge is 0.494 e. The summed E-state index contributed by atoms with van der Waals surface area (Å²) in [7, 11) is 0. The monoisotopic (exact) mass is 498 g/mol. The van der Waals surface area contributed by atoms with E-state index in [9.17, 15) is 4.79 Å². The summed E-state index contributed by atoms with van der Waals surface area (Å²) in [4.78, 5) is 12.5.